The van der Waals surface area contributed by atoms with E-state index in [-0.39, 0.29) is 10.9 Å². The molecule has 9 heteroatoms. The van der Waals surface area contributed by atoms with E-state index in [2.05, 4.69) is 20.0 Å². The maximum atomic E-state index is 12.1. The Morgan fingerprint density at radius 2 is 1.84 bits per heavy atom. The highest BCUT2D eigenvalue weighted by atomic mass is 32.2. The molecule has 0 spiro atoms. The number of hydrogen-bond donors (Lipinski definition) is 2. The lowest BCUT2D eigenvalue weighted by Crippen LogP contribution is -2.39. The SMILES string of the molecule is CNc1ncc(S(=O)(=O)NC2CCS(=O)CC2)cn1. The Hall–Kier alpha value is -1.06. The molecular formula is C10H16N4O3S2. The minimum absolute atomic E-state index is 0.0400. The first-order valence-corrected chi connectivity index (χ1v) is 8.85. The molecule has 19 heavy (non-hydrogen) atoms. The van der Waals surface area contributed by atoms with Crippen LogP contribution in [0.1, 0.15) is 12.8 Å². The van der Waals surface area contributed by atoms with Crippen molar-refractivity contribution < 1.29 is 12.6 Å². The third-order valence-electron chi connectivity index (χ3n) is 2.87. The second-order valence-corrected chi connectivity index (χ2v) is 7.65. The van der Waals surface area contributed by atoms with Crippen molar-refractivity contribution >= 4 is 26.8 Å². The van der Waals surface area contributed by atoms with Crippen molar-refractivity contribution in [3.8, 4) is 0 Å². The van der Waals surface area contributed by atoms with Gasteiger partial charge in [-0.2, -0.15) is 0 Å². The molecule has 0 amide bonds. The molecule has 106 valence electrons. The summed E-state index contributed by atoms with van der Waals surface area (Å²) < 4.78 is 38.0. The summed E-state index contributed by atoms with van der Waals surface area (Å²) in [5.74, 6) is 1.46. The largest absolute Gasteiger partial charge is 0.357 e. The number of rotatable bonds is 4. The standard InChI is InChI=1S/C10H16N4O3S2/c1-11-10-12-6-9(7-13-10)19(16,17)14-8-2-4-18(15)5-3-8/h6-8,14H,2-5H2,1H3,(H,11,12,13). The summed E-state index contributed by atoms with van der Waals surface area (Å²) in [5.41, 5.74) is 0. The van der Waals surface area contributed by atoms with Crippen molar-refractivity contribution in [1.82, 2.24) is 14.7 Å². The molecule has 1 aromatic heterocycles. The van der Waals surface area contributed by atoms with Crippen LogP contribution in [-0.4, -0.2) is 47.2 Å². The zero-order valence-electron chi connectivity index (χ0n) is 10.5. The number of nitrogens with zero attached hydrogens (tertiary/aromatic N) is 2. The molecule has 0 unspecified atom stereocenters. The van der Waals surface area contributed by atoms with Gasteiger partial charge in [0, 0.05) is 35.4 Å². The first-order chi connectivity index (χ1) is 9.01. The van der Waals surface area contributed by atoms with Gasteiger partial charge in [-0.15, -0.1) is 0 Å². The molecule has 1 fully saturated rings. The summed E-state index contributed by atoms with van der Waals surface area (Å²) >= 11 is 0. The van der Waals surface area contributed by atoms with Gasteiger partial charge in [-0.25, -0.2) is 23.1 Å². The van der Waals surface area contributed by atoms with E-state index in [9.17, 15) is 12.6 Å². The Morgan fingerprint density at radius 1 is 1.26 bits per heavy atom. The van der Waals surface area contributed by atoms with Crippen LogP contribution in [0.5, 0.6) is 0 Å². The summed E-state index contributed by atoms with van der Waals surface area (Å²) in [6.45, 7) is 0. The fourth-order valence-corrected chi connectivity index (χ4v) is 4.28. The first kappa shape index (κ1) is 14.4. The highest BCUT2D eigenvalue weighted by Gasteiger charge is 2.24. The van der Waals surface area contributed by atoms with Crippen LogP contribution >= 0.6 is 0 Å². The zero-order valence-corrected chi connectivity index (χ0v) is 12.1. The number of anilines is 1. The molecule has 0 bridgehead atoms. The first-order valence-electron chi connectivity index (χ1n) is 5.88. The summed E-state index contributed by atoms with van der Waals surface area (Å²) in [6.07, 6.45) is 3.73. The molecule has 7 nitrogen and oxygen atoms in total. The molecule has 0 atom stereocenters. The smallest absolute Gasteiger partial charge is 0.243 e. The van der Waals surface area contributed by atoms with E-state index in [0.29, 0.717) is 30.3 Å². The van der Waals surface area contributed by atoms with Gasteiger partial charge >= 0.3 is 0 Å². The van der Waals surface area contributed by atoms with Crippen LogP contribution in [-0.2, 0) is 20.8 Å². The minimum atomic E-state index is -3.60. The van der Waals surface area contributed by atoms with E-state index in [1.807, 2.05) is 0 Å². The fourth-order valence-electron chi connectivity index (χ4n) is 1.78. The average Bonchev–Trinajstić information content (AvgIpc) is 2.41. The fraction of sp³-hybridized carbons (Fsp3) is 0.600. The summed E-state index contributed by atoms with van der Waals surface area (Å²) in [4.78, 5) is 7.80. The van der Waals surface area contributed by atoms with E-state index < -0.39 is 20.8 Å². The molecule has 1 aliphatic rings. The molecule has 1 aromatic rings. The van der Waals surface area contributed by atoms with Crippen molar-refractivity contribution in [2.75, 3.05) is 23.9 Å². The van der Waals surface area contributed by atoms with Crippen LogP contribution in [0.2, 0.25) is 0 Å². The van der Waals surface area contributed by atoms with Crippen LogP contribution in [0.4, 0.5) is 5.95 Å². The van der Waals surface area contributed by atoms with Gasteiger partial charge in [-0.3, -0.25) is 4.21 Å². The maximum Gasteiger partial charge on any atom is 0.243 e. The zero-order chi connectivity index (χ0) is 13.9. The van der Waals surface area contributed by atoms with Gasteiger partial charge < -0.3 is 5.32 Å². The minimum Gasteiger partial charge on any atom is -0.357 e. The number of sulfonamides is 1. The van der Waals surface area contributed by atoms with Gasteiger partial charge in [0.1, 0.15) is 4.90 Å². The predicted molar refractivity (Wildman–Crippen MR) is 72.8 cm³/mol. The highest BCUT2D eigenvalue weighted by molar-refractivity contribution is 7.89. The van der Waals surface area contributed by atoms with Gasteiger partial charge in [0.25, 0.3) is 0 Å². The normalized spacial score (nSPS) is 24.1. The Kier molecular flexibility index (Phi) is 4.48. The van der Waals surface area contributed by atoms with Gasteiger partial charge in [-0.1, -0.05) is 0 Å². The van der Waals surface area contributed by atoms with Crippen LogP contribution in [0.3, 0.4) is 0 Å². The van der Waals surface area contributed by atoms with E-state index in [0.717, 1.165) is 0 Å². The lowest BCUT2D eigenvalue weighted by Gasteiger charge is -2.22. The third-order valence-corrected chi connectivity index (χ3v) is 5.73. The molecule has 2 N–H and O–H groups in total. The molecule has 0 aromatic carbocycles. The van der Waals surface area contributed by atoms with Crippen LogP contribution in [0.25, 0.3) is 0 Å². The monoisotopic (exact) mass is 304 g/mol. The van der Waals surface area contributed by atoms with Crippen molar-refractivity contribution in [2.24, 2.45) is 0 Å². The summed E-state index contributed by atoms with van der Waals surface area (Å²) in [5, 5.41) is 2.72. The topological polar surface area (TPSA) is 101 Å². The van der Waals surface area contributed by atoms with Gasteiger partial charge in [0.05, 0.1) is 12.4 Å². The number of nitrogens with one attached hydrogen (secondary N) is 2. The van der Waals surface area contributed by atoms with Gasteiger partial charge in [0.2, 0.25) is 16.0 Å². The Balaban J connectivity index is 2.06. The van der Waals surface area contributed by atoms with Crippen molar-refractivity contribution in [3.63, 3.8) is 0 Å². The third kappa shape index (κ3) is 3.71. The second-order valence-electron chi connectivity index (χ2n) is 4.24. The lowest BCUT2D eigenvalue weighted by atomic mass is 10.2. The number of aromatic nitrogens is 2. The van der Waals surface area contributed by atoms with E-state index in [1.54, 1.807) is 7.05 Å². The molecule has 0 saturated carbocycles. The van der Waals surface area contributed by atoms with Crippen molar-refractivity contribution in [3.05, 3.63) is 12.4 Å². The molecule has 0 radical (unpaired) electrons. The average molecular weight is 304 g/mol. The predicted octanol–water partition coefficient (Wildman–Crippen LogP) is -0.292. The number of hydrogen-bond acceptors (Lipinski definition) is 6. The van der Waals surface area contributed by atoms with E-state index >= 15 is 0 Å². The lowest BCUT2D eigenvalue weighted by molar-refractivity contribution is 0.521. The Bertz CT molecular complexity index is 549. The van der Waals surface area contributed by atoms with Crippen molar-refractivity contribution in [2.45, 2.75) is 23.8 Å². The maximum absolute atomic E-state index is 12.1. The summed E-state index contributed by atoms with van der Waals surface area (Å²) in [7, 11) is -2.75. The Labute approximate surface area is 114 Å². The van der Waals surface area contributed by atoms with E-state index in [1.165, 1.54) is 12.4 Å². The quantitative estimate of drug-likeness (QED) is 0.792. The van der Waals surface area contributed by atoms with Crippen LogP contribution in [0.15, 0.2) is 17.3 Å². The Morgan fingerprint density at radius 3 is 2.37 bits per heavy atom. The van der Waals surface area contributed by atoms with Crippen LogP contribution in [0, 0.1) is 0 Å². The summed E-state index contributed by atoms with van der Waals surface area (Å²) in [6, 6.07) is -0.160. The van der Waals surface area contributed by atoms with E-state index in [4.69, 9.17) is 0 Å². The molecule has 0 aliphatic carbocycles. The van der Waals surface area contributed by atoms with Crippen LogP contribution < -0.4 is 10.0 Å². The van der Waals surface area contributed by atoms with Crippen molar-refractivity contribution in [1.29, 1.82) is 0 Å². The molecule has 2 rings (SSSR count). The highest BCUT2D eigenvalue weighted by Crippen LogP contribution is 2.14. The molecule has 1 aliphatic heterocycles. The molecular weight excluding hydrogens is 288 g/mol. The molecule has 1 saturated heterocycles. The second kappa shape index (κ2) is 5.93. The van der Waals surface area contributed by atoms with Gasteiger partial charge in [0.15, 0.2) is 0 Å². The molecule has 2 heterocycles. The van der Waals surface area contributed by atoms with Gasteiger partial charge in [-0.05, 0) is 12.8 Å².